The molecule has 1 unspecified atom stereocenters. The van der Waals surface area contributed by atoms with Gasteiger partial charge in [-0.25, -0.2) is 4.98 Å². The molecule has 0 saturated carbocycles. The van der Waals surface area contributed by atoms with Gasteiger partial charge in [-0.2, -0.15) is 0 Å². The third-order valence-electron chi connectivity index (χ3n) is 5.63. The summed E-state index contributed by atoms with van der Waals surface area (Å²) in [5, 5.41) is 10.0. The van der Waals surface area contributed by atoms with Crippen LogP contribution in [0.25, 0.3) is 0 Å². The number of ether oxygens (including phenoxy) is 2. The molecule has 0 amide bonds. The number of phenolic OH excluding ortho intramolecular Hbond substituents is 1. The van der Waals surface area contributed by atoms with Crippen molar-refractivity contribution in [2.75, 3.05) is 51.4 Å². The molecule has 2 aliphatic heterocycles. The van der Waals surface area contributed by atoms with E-state index < -0.39 is 0 Å². The molecule has 0 radical (unpaired) electrons. The van der Waals surface area contributed by atoms with Crippen LogP contribution in [0.15, 0.2) is 29.1 Å². The summed E-state index contributed by atoms with van der Waals surface area (Å²) in [7, 11) is 1.55. The lowest BCUT2D eigenvalue weighted by atomic mass is 9.94. The summed E-state index contributed by atoms with van der Waals surface area (Å²) < 4.78 is 10.5. The lowest BCUT2D eigenvalue weighted by Gasteiger charge is -2.33. The molecule has 2 aromatic rings. The van der Waals surface area contributed by atoms with E-state index in [0.29, 0.717) is 24.9 Å². The molecule has 156 valence electrons. The highest BCUT2D eigenvalue weighted by Gasteiger charge is 2.24. The van der Waals surface area contributed by atoms with Gasteiger partial charge in [0.05, 0.1) is 26.0 Å². The number of nitrogens with zero attached hydrogens (tertiary/aromatic N) is 3. The average molecular weight is 400 g/mol. The Labute approximate surface area is 170 Å². The molecule has 1 aromatic carbocycles. The number of methoxy groups -OCH3 is 1. The summed E-state index contributed by atoms with van der Waals surface area (Å²) in [5.41, 5.74) is 1.79. The molecular formula is C21H28N4O4. The van der Waals surface area contributed by atoms with Crippen molar-refractivity contribution in [2.24, 2.45) is 0 Å². The van der Waals surface area contributed by atoms with Gasteiger partial charge in [-0.3, -0.25) is 14.7 Å². The van der Waals surface area contributed by atoms with Crippen molar-refractivity contribution >= 4 is 5.95 Å². The number of hydrogen-bond acceptors (Lipinski definition) is 7. The Morgan fingerprint density at radius 2 is 2.10 bits per heavy atom. The first kappa shape index (κ1) is 19.7. The van der Waals surface area contributed by atoms with Gasteiger partial charge in [-0.05, 0) is 37.1 Å². The Morgan fingerprint density at radius 3 is 2.86 bits per heavy atom. The van der Waals surface area contributed by atoms with Gasteiger partial charge in [-0.1, -0.05) is 6.07 Å². The highest BCUT2D eigenvalue weighted by Crippen LogP contribution is 2.30. The van der Waals surface area contributed by atoms with Crippen LogP contribution in [0.2, 0.25) is 0 Å². The van der Waals surface area contributed by atoms with Crippen molar-refractivity contribution in [3.05, 3.63) is 45.9 Å². The second-order valence-corrected chi connectivity index (χ2v) is 7.67. The molecule has 0 spiro atoms. The number of anilines is 1. The van der Waals surface area contributed by atoms with Crippen molar-refractivity contribution < 1.29 is 14.6 Å². The first-order valence-electron chi connectivity index (χ1n) is 10.1. The topological polar surface area (TPSA) is 90.9 Å². The minimum absolute atomic E-state index is 0.103. The summed E-state index contributed by atoms with van der Waals surface area (Å²) >= 11 is 0. The molecule has 8 heteroatoms. The van der Waals surface area contributed by atoms with Crippen molar-refractivity contribution in [3.8, 4) is 11.5 Å². The molecule has 4 rings (SSSR count). The lowest BCUT2D eigenvalue weighted by molar-refractivity contribution is 0.122. The van der Waals surface area contributed by atoms with Crippen molar-refractivity contribution in [1.82, 2.24) is 14.9 Å². The minimum Gasteiger partial charge on any atom is -0.504 e. The van der Waals surface area contributed by atoms with Gasteiger partial charge in [0.2, 0.25) is 5.95 Å². The Hall–Kier alpha value is -2.58. The maximum atomic E-state index is 12.3. The average Bonchev–Trinajstić information content (AvgIpc) is 2.74. The molecule has 2 saturated heterocycles. The fourth-order valence-corrected chi connectivity index (χ4v) is 4.13. The zero-order valence-electron chi connectivity index (χ0n) is 16.8. The number of aromatic amines is 1. The van der Waals surface area contributed by atoms with Gasteiger partial charge in [0.15, 0.2) is 11.5 Å². The number of hydrogen-bond donors (Lipinski definition) is 2. The fourth-order valence-electron chi connectivity index (χ4n) is 4.13. The summed E-state index contributed by atoms with van der Waals surface area (Å²) in [6, 6.07) is 7.16. The van der Waals surface area contributed by atoms with E-state index in [1.54, 1.807) is 25.3 Å². The maximum Gasteiger partial charge on any atom is 0.252 e. The predicted octanol–water partition coefficient (Wildman–Crippen LogP) is 1.70. The number of aromatic nitrogens is 2. The second kappa shape index (κ2) is 8.84. The van der Waals surface area contributed by atoms with Crippen LogP contribution in [0.1, 0.15) is 30.0 Å². The van der Waals surface area contributed by atoms with E-state index in [4.69, 9.17) is 14.5 Å². The first-order valence-corrected chi connectivity index (χ1v) is 10.1. The van der Waals surface area contributed by atoms with Crippen molar-refractivity contribution in [2.45, 2.75) is 25.3 Å². The summed E-state index contributed by atoms with van der Waals surface area (Å²) in [6.45, 7) is 5.36. The van der Waals surface area contributed by atoms with Crippen LogP contribution < -0.4 is 15.2 Å². The molecule has 8 nitrogen and oxygen atoms in total. The van der Waals surface area contributed by atoms with E-state index in [1.165, 1.54) is 0 Å². The van der Waals surface area contributed by atoms with Crippen molar-refractivity contribution in [1.29, 1.82) is 0 Å². The fraction of sp³-hybridized carbons (Fsp3) is 0.524. The molecule has 29 heavy (non-hydrogen) atoms. The van der Waals surface area contributed by atoms with E-state index in [1.807, 2.05) is 6.07 Å². The number of morpholine rings is 1. The normalized spacial score (nSPS) is 20.6. The smallest absolute Gasteiger partial charge is 0.252 e. The van der Waals surface area contributed by atoms with Crippen LogP contribution in [0, 0.1) is 0 Å². The molecule has 2 fully saturated rings. The SMILES string of the molecule is COc1ccc(CN2CCCC(c3cc(=O)[nH]c(N4CCOCC4)n3)C2)cc1O. The number of aromatic hydroxyl groups is 1. The van der Waals surface area contributed by atoms with E-state index in [2.05, 4.69) is 14.8 Å². The summed E-state index contributed by atoms with van der Waals surface area (Å²) in [4.78, 5) is 24.4. The predicted molar refractivity (Wildman–Crippen MR) is 110 cm³/mol. The molecule has 1 aromatic heterocycles. The van der Waals surface area contributed by atoms with Crippen LogP contribution in [-0.4, -0.2) is 66.5 Å². The highest BCUT2D eigenvalue weighted by molar-refractivity contribution is 5.41. The Morgan fingerprint density at radius 1 is 1.28 bits per heavy atom. The van der Waals surface area contributed by atoms with Crippen LogP contribution in [0.5, 0.6) is 11.5 Å². The standard InChI is InChI=1S/C21H28N4O4/c1-28-19-5-4-15(11-18(19)26)13-24-6-2-3-16(14-24)17-12-20(27)23-21(22-17)25-7-9-29-10-8-25/h4-5,11-12,16,26H,2-3,6-10,13-14H2,1H3,(H,22,23,27). The summed E-state index contributed by atoms with van der Waals surface area (Å²) in [6.07, 6.45) is 2.07. The van der Waals surface area contributed by atoms with Gasteiger partial charge in [0, 0.05) is 38.2 Å². The molecule has 0 bridgehead atoms. The van der Waals surface area contributed by atoms with E-state index in [-0.39, 0.29) is 17.2 Å². The highest BCUT2D eigenvalue weighted by atomic mass is 16.5. The number of benzene rings is 1. The van der Waals surface area contributed by atoms with Crippen LogP contribution in [0.3, 0.4) is 0 Å². The number of nitrogens with one attached hydrogen (secondary N) is 1. The van der Waals surface area contributed by atoms with Crippen molar-refractivity contribution in [3.63, 3.8) is 0 Å². The number of H-pyrrole nitrogens is 1. The van der Waals surface area contributed by atoms with E-state index in [0.717, 1.165) is 56.8 Å². The zero-order valence-corrected chi connectivity index (χ0v) is 16.8. The van der Waals surface area contributed by atoms with Crippen LogP contribution in [0.4, 0.5) is 5.95 Å². The van der Waals surface area contributed by atoms with Gasteiger partial charge >= 0.3 is 0 Å². The minimum atomic E-state index is -0.103. The molecule has 2 aliphatic rings. The van der Waals surface area contributed by atoms with E-state index >= 15 is 0 Å². The van der Waals surface area contributed by atoms with E-state index in [9.17, 15) is 9.90 Å². The Kier molecular flexibility index (Phi) is 6.01. The summed E-state index contributed by atoms with van der Waals surface area (Å²) in [5.74, 6) is 1.50. The number of piperidine rings is 1. The number of rotatable bonds is 5. The molecular weight excluding hydrogens is 372 g/mol. The molecule has 1 atom stereocenters. The molecule has 0 aliphatic carbocycles. The Bertz CT molecular complexity index is 894. The second-order valence-electron chi connectivity index (χ2n) is 7.67. The van der Waals surface area contributed by atoms with Gasteiger partial charge < -0.3 is 19.5 Å². The largest absolute Gasteiger partial charge is 0.504 e. The maximum absolute atomic E-state index is 12.3. The number of phenols is 1. The van der Waals surface area contributed by atoms with Crippen LogP contribution in [-0.2, 0) is 11.3 Å². The number of likely N-dealkylation sites (tertiary alicyclic amines) is 1. The third kappa shape index (κ3) is 4.71. The first-order chi connectivity index (χ1) is 14.1. The van der Waals surface area contributed by atoms with Gasteiger partial charge in [-0.15, -0.1) is 0 Å². The lowest BCUT2D eigenvalue weighted by Crippen LogP contribution is -2.39. The zero-order chi connectivity index (χ0) is 20.2. The monoisotopic (exact) mass is 400 g/mol. The molecule has 3 heterocycles. The quantitative estimate of drug-likeness (QED) is 0.789. The van der Waals surface area contributed by atoms with Gasteiger partial charge in [0.1, 0.15) is 0 Å². The van der Waals surface area contributed by atoms with Gasteiger partial charge in [0.25, 0.3) is 5.56 Å². The molecule has 2 N–H and O–H groups in total. The van der Waals surface area contributed by atoms with Crippen LogP contribution >= 0.6 is 0 Å². The third-order valence-corrected chi connectivity index (χ3v) is 5.63. The Balaban J connectivity index is 1.47.